The second kappa shape index (κ2) is 6.98. The molecular weight excluding hydrogens is 306 g/mol. The van der Waals surface area contributed by atoms with E-state index in [1.54, 1.807) is 13.1 Å². The number of piperidine rings is 1. The minimum atomic E-state index is 0.00985. The molecular formula is C17H23N5O2. The monoisotopic (exact) mass is 329 g/mol. The average Bonchev–Trinajstić information content (AvgIpc) is 3.05. The van der Waals surface area contributed by atoms with Crippen molar-refractivity contribution in [2.45, 2.75) is 45.6 Å². The van der Waals surface area contributed by atoms with Crippen molar-refractivity contribution < 1.29 is 9.32 Å². The van der Waals surface area contributed by atoms with Crippen LogP contribution in [0.3, 0.4) is 0 Å². The number of carbonyl (C=O) groups excluding carboxylic acids is 1. The van der Waals surface area contributed by atoms with Gasteiger partial charge in [-0.25, -0.2) is 4.98 Å². The van der Waals surface area contributed by atoms with Crippen molar-refractivity contribution in [1.82, 2.24) is 20.4 Å². The summed E-state index contributed by atoms with van der Waals surface area (Å²) in [6, 6.07) is 4.00. The number of pyridine rings is 1. The third kappa shape index (κ3) is 3.72. The molecule has 1 fully saturated rings. The van der Waals surface area contributed by atoms with Crippen LogP contribution >= 0.6 is 0 Å². The zero-order valence-corrected chi connectivity index (χ0v) is 14.3. The molecule has 1 saturated heterocycles. The molecule has 0 aliphatic carbocycles. The van der Waals surface area contributed by atoms with E-state index in [9.17, 15) is 4.79 Å². The minimum absolute atomic E-state index is 0.00985. The molecule has 7 heteroatoms. The van der Waals surface area contributed by atoms with Crippen LogP contribution in [0.4, 0.5) is 5.82 Å². The summed E-state index contributed by atoms with van der Waals surface area (Å²) in [6.45, 7) is 7.30. The largest absolute Gasteiger partial charge is 0.355 e. The molecule has 7 nitrogen and oxygen atoms in total. The molecule has 1 aliphatic heterocycles. The average molecular weight is 329 g/mol. The van der Waals surface area contributed by atoms with Gasteiger partial charge in [-0.15, -0.1) is 0 Å². The zero-order valence-electron chi connectivity index (χ0n) is 14.3. The number of anilines is 1. The normalized spacial score (nSPS) is 18.0. The van der Waals surface area contributed by atoms with E-state index in [0.717, 1.165) is 37.3 Å². The van der Waals surface area contributed by atoms with Gasteiger partial charge in [-0.3, -0.25) is 4.79 Å². The van der Waals surface area contributed by atoms with Crippen molar-refractivity contribution in [1.29, 1.82) is 0 Å². The summed E-state index contributed by atoms with van der Waals surface area (Å²) in [6.07, 6.45) is 3.78. The molecule has 0 aromatic carbocycles. The van der Waals surface area contributed by atoms with Gasteiger partial charge in [0.2, 0.25) is 5.91 Å². The van der Waals surface area contributed by atoms with Crippen LogP contribution < -0.4 is 10.2 Å². The molecule has 2 aromatic rings. The second-order valence-corrected chi connectivity index (χ2v) is 6.50. The number of carbonyl (C=O) groups is 1. The van der Waals surface area contributed by atoms with Gasteiger partial charge >= 0.3 is 0 Å². The molecule has 1 aliphatic rings. The van der Waals surface area contributed by atoms with Gasteiger partial charge in [0.05, 0.1) is 0 Å². The molecule has 0 spiro atoms. The lowest BCUT2D eigenvalue weighted by molar-refractivity contribution is -0.119. The van der Waals surface area contributed by atoms with Crippen molar-refractivity contribution in [2.75, 3.05) is 18.0 Å². The van der Waals surface area contributed by atoms with E-state index in [2.05, 4.69) is 25.3 Å². The summed E-state index contributed by atoms with van der Waals surface area (Å²) >= 11 is 0. The van der Waals surface area contributed by atoms with Gasteiger partial charge < -0.3 is 14.7 Å². The Morgan fingerprint density at radius 3 is 3.00 bits per heavy atom. The highest BCUT2D eigenvalue weighted by Gasteiger charge is 2.22. The van der Waals surface area contributed by atoms with Crippen LogP contribution in [-0.4, -0.2) is 40.2 Å². The molecule has 3 rings (SSSR count). The number of aromatic nitrogens is 3. The molecule has 128 valence electrons. The predicted octanol–water partition coefficient (Wildman–Crippen LogP) is 2.36. The van der Waals surface area contributed by atoms with Crippen LogP contribution in [0.25, 0.3) is 11.5 Å². The summed E-state index contributed by atoms with van der Waals surface area (Å²) in [7, 11) is 0. The van der Waals surface area contributed by atoms with Crippen LogP contribution in [0, 0.1) is 0 Å². The van der Waals surface area contributed by atoms with Crippen LogP contribution in [0.15, 0.2) is 22.9 Å². The number of hydrogen-bond donors (Lipinski definition) is 1. The van der Waals surface area contributed by atoms with Crippen molar-refractivity contribution >= 4 is 11.7 Å². The zero-order chi connectivity index (χ0) is 17.1. The summed E-state index contributed by atoms with van der Waals surface area (Å²) in [5.74, 6) is 2.32. The van der Waals surface area contributed by atoms with E-state index in [0.29, 0.717) is 11.7 Å². The Morgan fingerprint density at radius 1 is 1.46 bits per heavy atom. The molecule has 0 bridgehead atoms. The first-order valence-corrected chi connectivity index (χ1v) is 8.35. The summed E-state index contributed by atoms with van der Waals surface area (Å²) in [4.78, 5) is 22.4. The number of rotatable bonds is 4. The Bertz CT molecular complexity index is 713. The number of amides is 1. The first-order valence-electron chi connectivity index (χ1n) is 8.35. The molecule has 1 amide bonds. The smallest absolute Gasteiger partial charge is 0.258 e. The Kier molecular flexibility index (Phi) is 4.78. The van der Waals surface area contributed by atoms with Gasteiger partial charge in [0, 0.05) is 43.7 Å². The second-order valence-electron chi connectivity index (χ2n) is 6.50. The van der Waals surface area contributed by atoms with Gasteiger partial charge in [-0.05, 0) is 25.0 Å². The Labute approximate surface area is 141 Å². The highest BCUT2D eigenvalue weighted by molar-refractivity contribution is 5.73. The molecule has 0 saturated carbocycles. The third-order valence-electron chi connectivity index (χ3n) is 4.10. The van der Waals surface area contributed by atoms with E-state index in [4.69, 9.17) is 4.52 Å². The van der Waals surface area contributed by atoms with Crippen LogP contribution in [0.2, 0.25) is 0 Å². The van der Waals surface area contributed by atoms with Gasteiger partial charge in [0.25, 0.3) is 5.89 Å². The fraction of sp³-hybridized carbons (Fsp3) is 0.529. The lowest BCUT2D eigenvalue weighted by atomic mass is 10.1. The molecule has 0 radical (unpaired) electrons. The van der Waals surface area contributed by atoms with Gasteiger partial charge in [-0.1, -0.05) is 19.0 Å². The molecule has 2 aromatic heterocycles. The fourth-order valence-corrected chi connectivity index (χ4v) is 2.90. The first kappa shape index (κ1) is 16.4. The van der Waals surface area contributed by atoms with Crippen molar-refractivity contribution in [2.24, 2.45) is 0 Å². The van der Waals surface area contributed by atoms with Crippen LogP contribution in [0.5, 0.6) is 0 Å². The van der Waals surface area contributed by atoms with Gasteiger partial charge in [0.15, 0.2) is 5.82 Å². The SMILES string of the molecule is CC(=O)N[C@@H]1CCCN(c2cc(-c3nc(C(C)C)no3)ccn2)C1. The van der Waals surface area contributed by atoms with E-state index in [1.807, 2.05) is 26.0 Å². The topological polar surface area (TPSA) is 84.2 Å². The summed E-state index contributed by atoms with van der Waals surface area (Å²) in [5.41, 5.74) is 0.862. The van der Waals surface area contributed by atoms with Crippen molar-refractivity contribution in [3.63, 3.8) is 0 Å². The van der Waals surface area contributed by atoms with Crippen LogP contribution in [0.1, 0.15) is 45.4 Å². The summed E-state index contributed by atoms with van der Waals surface area (Å²) in [5, 5.41) is 7.01. The quantitative estimate of drug-likeness (QED) is 0.927. The number of hydrogen-bond acceptors (Lipinski definition) is 6. The highest BCUT2D eigenvalue weighted by Crippen LogP contribution is 2.25. The van der Waals surface area contributed by atoms with Crippen LogP contribution in [-0.2, 0) is 4.79 Å². The molecule has 1 N–H and O–H groups in total. The van der Waals surface area contributed by atoms with E-state index in [1.165, 1.54) is 0 Å². The minimum Gasteiger partial charge on any atom is -0.355 e. The Hall–Kier alpha value is -2.44. The van der Waals surface area contributed by atoms with E-state index < -0.39 is 0 Å². The van der Waals surface area contributed by atoms with E-state index >= 15 is 0 Å². The lowest BCUT2D eigenvalue weighted by Crippen LogP contribution is -2.47. The third-order valence-corrected chi connectivity index (χ3v) is 4.10. The van der Waals surface area contributed by atoms with Gasteiger partial charge in [-0.2, -0.15) is 4.98 Å². The first-order chi connectivity index (χ1) is 11.5. The molecule has 24 heavy (non-hydrogen) atoms. The maximum Gasteiger partial charge on any atom is 0.258 e. The number of nitrogens with one attached hydrogen (secondary N) is 1. The Morgan fingerprint density at radius 2 is 2.29 bits per heavy atom. The molecule has 0 unspecified atom stereocenters. The maximum absolute atomic E-state index is 11.3. The predicted molar refractivity (Wildman–Crippen MR) is 90.7 cm³/mol. The maximum atomic E-state index is 11.3. The molecule has 3 heterocycles. The summed E-state index contributed by atoms with van der Waals surface area (Å²) < 4.78 is 5.36. The van der Waals surface area contributed by atoms with Crippen molar-refractivity contribution in [3.05, 3.63) is 24.2 Å². The molecule has 1 atom stereocenters. The standard InChI is InChI=1S/C17H23N5O2/c1-11(2)16-20-17(24-21-16)13-6-7-18-15(9-13)22-8-4-5-14(10-22)19-12(3)23/h6-7,9,11,14H,4-5,8,10H2,1-3H3,(H,19,23)/t14-/m1/s1. The lowest BCUT2D eigenvalue weighted by Gasteiger charge is -2.33. The van der Waals surface area contributed by atoms with Crippen molar-refractivity contribution in [3.8, 4) is 11.5 Å². The highest BCUT2D eigenvalue weighted by atomic mass is 16.5. The van der Waals surface area contributed by atoms with E-state index in [-0.39, 0.29) is 17.9 Å². The van der Waals surface area contributed by atoms with Gasteiger partial charge in [0.1, 0.15) is 5.82 Å². The Balaban J connectivity index is 1.78. The fourth-order valence-electron chi connectivity index (χ4n) is 2.90. The number of nitrogens with zero attached hydrogens (tertiary/aromatic N) is 4.